The average Bonchev–Trinajstić information content (AvgIpc) is 2.89. The molecule has 0 N–H and O–H groups in total. The maximum Gasteiger partial charge on any atom is 0.190 e. The van der Waals surface area contributed by atoms with Crippen molar-refractivity contribution in [3.63, 3.8) is 0 Å². The van der Waals surface area contributed by atoms with E-state index in [1.807, 2.05) is 0 Å². The third-order valence-corrected chi connectivity index (χ3v) is 13.4. The summed E-state index contributed by atoms with van der Waals surface area (Å²) in [6, 6.07) is 5.50. The van der Waals surface area contributed by atoms with Crippen molar-refractivity contribution in [1.29, 1.82) is 0 Å². The van der Waals surface area contributed by atoms with Crippen LogP contribution in [0.25, 0.3) is 0 Å². The smallest absolute Gasteiger partial charge is 0.190 e. The molecule has 0 aromatic heterocycles. The highest BCUT2D eigenvalue weighted by Crippen LogP contribution is 2.44. The van der Waals surface area contributed by atoms with Gasteiger partial charge in [0.1, 0.15) is 12.8 Å². The fourth-order valence-electron chi connectivity index (χ4n) is 6.80. The van der Waals surface area contributed by atoms with E-state index in [0.29, 0.717) is 6.42 Å². The molecule has 1 saturated carbocycles. The predicted octanol–water partition coefficient (Wildman–Crippen LogP) is 10.5. The zero-order chi connectivity index (χ0) is 26.6. The van der Waals surface area contributed by atoms with Gasteiger partial charge >= 0.3 is 0 Å². The normalized spacial score (nSPS) is 25.4. The van der Waals surface area contributed by atoms with Gasteiger partial charge < -0.3 is 4.74 Å². The highest BCUT2D eigenvalue weighted by Gasteiger charge is 2.32. The van der Waals surface area contributed by atoms with E-state index in [0.717, 1.165) is 55.0 Å². The Bertz CT molecular complexity index is 746. The van der Waals surface area contributed by atoms with E-state index >= 15 is 0 Å². The SMILES string of the molecule is CCCCCCCC[C@@H](F)COc1c(F)cc(C2CC[SiH](C3CCC(CCC(C)C)CC3)CC2)cc1F. The van der Waals surface area contributed by atoms with Crippen molar-refractivity contribution in [2.45, 2.75) is 147 Å². The molecule has 1 aliphatic heterocycles. The van der Waals surface area contributed by atoms with Gasteiger partial charge in [-0.25, -0.2) is 13.2 Å². The van der Waals surface area contributed by atoms with Gasteiger partial charge in [0.15, 0.2) is 17.4 Å². The second-order valence-electron chi connectivity index (χ2n) is 12.6. The molecule has 3 rings (SSSR count). The fourth-order valence-corrected chi connectivity index (χ4v) is 11.0. The number of alkyl halides is 1. The summed E-state index contributed by atoms with van der Waals surface area (Å²) in [5.74, 6) is 0.228. The Labute approximate surface area is 226 Å². The molecule has 37 heavy (non-hydrogen) atoms. The van der Waals surface area contributed by atoms with Gasteiger partial charge in [-0.05, 0) is 60.3 Å². The van der Waals surface area contributed by atoms with Crippen molar-refractivity contribution in [2.24, 2.45) is 11.8 Å². The molecule has 1 aromatic rings. The molecule has 1 nitrogen and oxygen atoms in total. The molecule has 1 atom stereocenters. The van der Waals surface area contributed by atoms with Gasteiger partial charge in [-0.2, -0.15) is 0 Å². The first-order chi connectivity index (χ1) is 17.9. The molecule has 2 aliphatic rings. The summed E-state index contributed by atoms with van der Waals surface area (Å²) >= 11 is 0. The van der Waals surface area contributed by atoms with Gasteiger partial charge in [0, 0.05) is 8.80 Å². The molecule has 2 fully saturated rings. The van der Waals surface area contributed by atoms with Gasteiger partial charge in [-0.1, -0.05) is 110 Å². The number of hydrogen-bond donors (Lipinski definition) is 0. The maximum atomic E-state index is 14.8. The summed E-state index contributed by atoms with van der Waals surface area (Å²) in [5.41, 5.74) is 1.74. The molecule has 5 heteroatoms. The Morgan fingerprint density at radius 3 is 2.11 bits per heavy atom. The lowest BCUT2D eigenvalue weighted by molar-refractivity contribution is 0.173. The largest absolute Gasteiger partial charge is 0.485 e. The van der Waals surface area contributed by atoms with Crippen molar-refractivity contribution in [3.8, 4) is 5.75 Å². The summed E-state index contributed by atoms with van der Waals surface area (Å²) in [7, 11) is -0.766. The van der Waals surface area contributed by atoms with Gasteiger partial charge in [0.05, 0.1) is 0 Å². The Hall–Kier alpha value is -0.973. The van der Waals surface area contributed by atoms with Gasteiger partial charge in [0.2, 0.25) is 0 Å². The molecule has 0 spiro atoms. The van der Waals surface area contributed by atoms with Crippen molar-refractivity contribution in [3.05, 3.63) is 29.3 Å². The van der Waals surface area contributed by atoms with Crippen molar-refractivity contribution in [1.82, 2.24) is 0 Å². The molecule has 1 saturated heterocycles. The number of ether oxygens (including phenoxy) is 1. The Morgan fingerprint density at radius 2 is 1.49 bits per heavy atom. The standard InChI is InChI=1S/C32H53F3OSi/c1-4-5-6-7-8-9-10-28(33)23-36-32-30(34)21-27(22-31(32)35)26-17-19-37(20-18-26)29-15-13-25(14-16-29)12-11-24(2)3/h21-22,24-26,28-29,37H,4-20,23H2,1-3H3/t25?,26?,28-,29?,37?/m1/s1. The van der Waals surface area contributed by atoms with Crippen LogP contribution in [0.15, 0.2) is 12.1 Å². The number of unbranched alkanes of at least 4 members (excludes halogenated alkanes) is 5. The zero-order valence-corrected chi connectivity index (χ0v) is 25.0. The van der Waals surface area contributed by atoms with Crippen LogP contribution >= 0.6 is 0 Å². The first-order valence-electron chi connectivity index (χ1n) is 15.6. The van der Waals surface area contributed by atoms with E-state index in [9.17, 15) is 13.2 Å². The first-order valence-corrected chi connectivity index (χ1v) is 17.9. The summed E-state index contributed by atoms with van der Waals surface area (Å²) in [5, 5.41) is 0. The van der Waals surface area contributed by atoms with E-state index in [1.54, 1.807) is 0 Å². The molecule has 0 bridgehead atoms. The van der Waals surface area contributed by atoms with Crippen LogP contribution in [0.2, 0.25) is 17.6 Å². The number of benzene rings is 1. The maximum absolute atomic E-state index is 14.8. The monoisotopic (exact) mass is 538 g/mol. The highest BCUT2D eigenvalue weighted by atomic mass is 28.3. The lowest BCUT2D eigenvalue weighted by Gasteiger charge is -2.37. The third-order valence-electron chi connectivity index (χ3n) is 9.25. The number of halogens is 3. The van der Waals surface area contributed by atoms with Crippen LogP contribution in [-0.2, 0) is 0 Å². The summed E-state index contributed by atoms with van der Waals surface area (Å²) in [6.07, 6.45) is 16.3. The quantitative estimate of drug-likeness (QED) is 0.159. The minimum atomic E-state index is -1.19. The van der Waals surface area contributed by atoms with E-state index in [2.05, 4.69) is 20.8 Å². The van der Waals surface area contributed by atoms with E-state index in [4.69, 9.17) is 4.74 Å². The zero-order valence-electron chi connectivity index (χ0n) is 23.9. The first kappa shape index (κ1) is 30.6. The van der Waals surface area contributed by atoms with Crippen LogP contribution in [0.1, 0.15) is 129 Å². The van der Waals surface area contributed by atoms with Crippen LogP contribution in [-0.4, -0.2) is 21.6 Å². The molecular weight excluding hydrogens is 485 g/mol. The van der Waals surface area contributed by atoms with Gasteiger partial charge in [0.25, 0.3) is 0 Å². The molecule has 212 valence electrons. The molecular formula is C32H53F3OSi. The van der Waals surface area contributed by atoms with E-state index in [1.165, 1.54) is 82.0 Å². The minimum absolute atomic E-state index is 0.241. The Balaban J connectivity index is 1.40. The van der Waals surface area contributed by atoms with Crippen molar-refractivity contribution < 1.29 is 17.9 Å². The molecule has 0 unspecified atom stereocenters. The molecule has 0 amide bonds. The van der Waals surface area contributed by atoms with E-state index < -0.39 is 32.4 Å². The van der Waals surface area contributed by atoms with Gasteiger partial charge in [-0.15, -0.1) is 0 Å². The van der Waals surface area contributed by atoms with Gasteiger partial charge in [-0.3, -0.25) is 0 Å². The van der Waals surface area contributed by atoms with E-state index in [-0.39, 0.29) is 12.5 Å². The van der Waals surface area contributed by atoms with Crippen LogP contribution in [0.4, 0.5) is 13.2 Å². The summed E-state index contributed by atoms with van der Waals surface area (Å²) in [6.45, 7) is 6.55. The molecule has 1 heterocycles. The van der Waals surface area contributed by atoms with Crippen molar-refractivity contribution in [2.75, 3.05) is 6.61 Å². The molecule has 1 aliphatic carbocycles. The number of rotatable bonds is 15. The topological polar surface area (TPSA) is 9.23 Å². The summed E-state index contributed by atoms with van der Waals surface area (Å²) < 4.78 is 49.1. The fraction of sp³-hybridized carbons (Fsp3) is 0.812. The van der Waals surface area contributed by atoms with Crippen LogP contribution in [0, 0.1) is 23.5 Å². The van der Waals surface area contributed by atoms with Crippen LogP contribution < -0.4 is 4.74 Å². The number of hydrogen-bond acceptors (Lipinski definition) is 1. The predicted molar refractivity (Wildman–Crippen MR) is 153 cm³/mol. The minimum Gasteiger partial charge on any atom is -0.485 e. The summed E-state index contributed by atoms with van der Waals surface area (Å²) in [4.78, 5) is 0. The lowest BCUT2D eigenvalue weighted by atomic mass is 9.84. The van der Waals surface area contributed by atoms with Crippen molar-refractivity contribution >= 4 is 8.80 Å². The Kier molecular flexibility index (Phi) is 13.4. The van der Waals surface area contributed by atoms with Crippen LogP contribution in [0.5, 0.6) is 5.75 Å². The second-order valence-corrected chi connectivity index (χ2v) is 16.3. The second kappa shape index (κ2) is 16.2. The van der Waals surface area contributed by atoms with Crippen LogP contribution in [0.3, 0.4) is 0 Å². The Morgan fingerprint density at radius 1 is 0.865 bits per heavy atom. The molecule has 0 radical (unpaired) electrons. The highest BCUT2D eigenvalue weighted by molar-refractivity contribution is 6.60. The third kappa shape index (κ3) is 10.3. The molecule has 1 aromatic carbocycles. The average molecular weight is 539 g/mol. The lowest BCUT2D eigenvalue weighted by Crippen LogP contribution is -2.29.